The van der Waals surface area contributed by atoms with E-state index in [-0.39, 0.29) is 0 Å². The largest absolute Gasteiger partial charge is 0.493 e. The van der Waals surface area contributed by atoms with E-state index in [0.717, 1.165) is 5.56 Å². The first-order valence-electron chi connectivity index (χ1n) is 8.09. The van der Waals surface area contributed by atoms with Crippen LogP contribution in [0.15, 0.2) is 61.1 Å². The van der Waals surface area contributed by atoms with Gasteiger partial charge in [-0.1, -0.05) is 12.1 Å². The first-order valence-corrected chi connectivity index (χ1v) is 8.09. The number of rotatable bonds is 7. The van der Waals surface area contributed by atoms with Gasteiger partial charge in [0.2, 0.25) is 0 Å². The van der Waals surface area contributed by atoms with Crippen LogP contribution in [0.2, 0.25) is 0 Å². The Hall–Kier alpha value is -3.12. The highest BCUT2D eigenvalue weighted by atomic mass is 16.5. The van der Waals surface area contributed by atoms with Crippen LogP contribution in [0.3, 0.4) is 0 Å². The maximum Gasteiger partial charge on any atom is 0.161 e. The topological polar surface area (TPSA) is 73.7 Å². The SMILES string of the molecule is COc1ccc(C(O)c2ccc(COc3cccnc3)cn2)cc1OC. The van der Waals surface area contributed by atoms with Crippen molar-refractivity contribution in [1.82, 2.24) is 9.97 Å². The van der Waals surface area contributed by atoms with Crippen LogP contribution >= 0.6 is 0 Å². The van der Waals surface area contributed by atoms with Crippen LogP contribution in [-0.2, 0) is 6.61 Å². The lowest BCUT2D eigenvalue weighted by molar-refractivity contribution is 0.214. The van der Waals surface area contributed by atoms with E-state index in [4.69, 9.17) is 14.2 Å². The molecule has 3 rings (SSSR count). The second-order valence-electron chi connectivity index (χ2n) is 5.59. The number of pyridine rings is 2. The third kappa shape index (κ3) is 4.10. The zero-order chi connectivity index (χ0) is 18.4. The molecule has 0 aliphatic rings. The fourth-order valence-corrected chi connectivity index (χ4v) is 2.48. The van der Waals surface area contributed by atoms with E-state index in [1.54, 1.807) is 57.1 Å². The average molecular weight is 352 g/mol. The maximum atomic E-state index is 10.6. The Bertz CT molecular complexity index is 838. The molecule has 0 saturated heterocycles. The van der Waals surface area contributed by atoms with Gasteiger partial charge in [0.25, 0.3) is 0 Å². The van der Waals surface area contributed by atoms with E-state index in [9.17, 15) is 5.11 Å². The van der Waals surface area contributed by atoms with Gasteiger partial charge >= 0.3 is 0 Å². The number of aliphatic hydroxyl groups is 1. The molecule has 0 aliphatic heterocycles. The molecule has 26 heavy (non-hydrogen) atoms. The van der Waals surface area contributed by atoms with Gasteiger partial charge in [0.05, 0.1) is 26.1 Å². The van der Waals surface area contributed by atoms with Crippen molar-refractivity contribution >= 4 is 0 Å². The Morgan fingerprint density at radius 2 is 1.85 bits per heavy atom. The smallest absolute Gasteiger partial charge is 0.161 e. The fraction of sp³-hybridized carbons (Fsp3) is 0.200. The van der Waals surface area contributed by atoms with Crippen LogP contribution in [0, 0.1) is 0 Å². The number of hydrogen-bond donors (Lipinski definition) is 1. The van der Waals surface area contributed by atoms with Gasteiger partial charge in [0.1, 0.15) is 18.5 Å². The minimum Gasteiger partial charge on any atom is -0.493 e. The van der Waals surface area contributed by atoms with Crippen molar-refractivity contribution in [2.75, 3.05) is 14.2 Å². The van der Waals surface area contributed by atoms with Crippen molar-refractivity contribution in [2.24, 2.45) is 0 Å². The summed E-state index contributed by atoms with van der Waals surface area (Å²) in [6.07, 6.45) is 4.18. The predicted octanol–water partition coefficient (Wildman–Crippen LogP) is 3.15. The molecule has 2 heterocycles. The van der Waals surface area contributed by atoms with Crippen LogP contribution in [-0.4, -0.2) is 29.3 Å². The summed E-state index contributed by atoms with van der Waals surface area (Å²) >= 11 is 0. The lowest BCUT2D eigenvalue weighted by atomic mass is 10.0. The van der Waals surface area contributed by atoms with Crippen LogP contribution in [0.5, 0.6) is 17.2 Å². The van der Waals surface area contributed by atoms with Gasteiger partial charge in [0.15, 0.2) is 11.5 Å². The van der Waals surface area contributed by atoms with Gasteiger partial charge in [0, 0.05) is 18.0 Å². The van der Waals surface area contributed by atoms with Gasteiger partial charge in [-0.2, -0.15) is 0 Å². The van der Waals surface area contributed by atoms with Crippen LogP contribution < -0.4 is 14.2 Å². The van der Waals surface area contributed by atoms with E-state index in [0.29, 0.717) is 35.1 Å². The highest BCUT2D eigenvalue weighted by molar-refractivity contribution is 5.44. The van der Waals surface area contributed by atoms with Gasteiger partial charge in [-0.15, -0.1) is 0 Å². The molecule has 0 spiro atoms. The molecule has 6 nitrogen and oxygen atoms in total. The molecule has 0 amide bonds. The van der Waals surface area contributed by atoms with Crippen molar-refractivity contribution in [3.63, 3.8) is 0 Å². The molecule has 1 atom stereocenters. The molecule has 6 heteroatoms. The highest BCUT2D eigenvalue weighted by Crippen LogP contribution is 2.31. The van der Waals surface area contributed by atoms with Crippen LogP contribution in [0.25, 0.3) is 0 Å². The van der Waals surface area contributed by atoms with Gasteiger partial charge in [-0.25, -0.2) is 0 Å². The molecule has 0 aliphatic carbocycles. The Kier molecular flexibility index (Phi) is 5.66. The Morgan fingerprint density at radius 1 is 1.00 bits per heavy atom. The van der Waals surface area contributed by atoms with Gasteiger partial charge in [-0.3, -0.25) is 9.97 Å². The molecule has 1 N–H and O–H groups in total. The average Bonchev–Trinajstić information content (AvgIpc) is 2.72. The quantitative estimate of drug-likeness (QED) is 0.704. The number of benzene rings is 1. The molecule has 134 valence electrons. The van der Waals surface area contributed by atoms with Crippen LogP contribution in [0.4, 0.5) is 0 Å². The summed E-state index contributed by atoms with van der Waals surface area (Å²) in [5, 5.41) is 10.6. The van der Waals surface area contributed by atoms with E-state index < -0.39 is 6.10 Å². The number of methoxy groups -OCH3 is 2. The molecule has 3 aromatic rings. The Labute approximate surface area is 152 Å². The third-order valence-electron chi connectivity index (χ3n) is 3.89. The molecular formula is C20H20N2O4. The molecule has 2 aromatic heterocycles. The molecule has 0 saturated carbocycles. The van der Waals surface area contributed by atoms with Gasteiger partial charge in [-0.05, 0) is 35.9 Å². The van der Waals surface area contributed by atoms with E-state index in [2.05, 4.69) is 9.97 Å². The number of nitrogens with zero attached hydrogens (tertiary/aromatic N) is 2. The number of hydrogen-bond acceptors (Lipinski definition) is 6. The number of aliphatic hydroxyl groups excluding tert-OH is 1. The summed E-state index contributed by atoms with van der Waals surface area (Å²) in [5.74, 6) is 1.87. The van der Waals surface area contributed by atoms with Crippen molar-refractivity contribution in [2.45, 2.75) is 12.7 Å². The molecule has 0 fully saturated rings. The zero-order valence-corrected chi connectivity index (χ0v) is 14.6. The summed E-state index contributed by atoms with van der Waals surface area (Å²) in [7, 11) is 3.13. The molecule has 0 radical (unpaired) electrons. The lowest BCUT2D eigenvalue weighted by Crippen LogP contribution is -2.04. The Balaban J connectivity index is 1.69. The number of aromatic nitrogens is 2. The van der Waals surface area contributed by atoms with Crippen molar-refractivity contribution in [1.29, 1.82) is 0 Å². The van der Waals surface area contributed by atoms with E-state index in [1.807, 2.05) is 18.2 Å². The summed E-state index contributed by atoms with van der Waals surface area (Å²) in [6.45, 7) is 0.380. The fourth-order valence-electron chi connectivity index (χ4n) is 2.48. The van der Waals surface area contributed by atoms with Gasteiger partial charge < -0.3 is 19.3 Å². The zero-order valence-electron chi connectivity index (χ0n) is 14.6. The first-order chi connectivity index (χ1) is 12.7. The second-order valence-corrected chi connectivity index (χ2v) is 5.59. The standard InChI is InChI=1S/C20H20N2O4/c1-24-18-8-6-15(10-19(18)25-2)20(23)17-7-5-14(11-22-17)13-26-16-4-3-9-21-12-16/h3-12,20,23H,13H2,1-2H3. The summed E-state index contributed by atoms with van der Waals surface area (Å²) < 4.78 is 16.1. The predicted molar refractivity (Wildman–Crippen MR) is 96.4 cm³/mol. The highest BCUT2D eigenvalue weighted by Gasteiger charge is 2.15. The normalized spacial score (nSPS) is 11.7. The summed E-state index contributed by atoms with van der Waals surface area (Å²) in [6, 6.07) is 12.6. The monoisotopic (exact) mass is 352 g/mol. The first kappa shape index (κ1) is 17.7. The lowest BCUT2D eigenvalue weighted by Gasteiger charge is -2.14. The van der Waals surface area contributed by atoms with Crippen molar-refractivity contribution < 1.29 is 19.3 Å². The van der Waals surface area contributed by atoms with Crippen molar-refractivity contribution in [3.05, 3.63) is 77.9 Å². The van der Waals surface area contributed by atoms with Crippen LogP contribution in [0.1, 0.15) is 22.9 Å². The minimum atomic E-state index is -0.858. The molecule has 1 unspecified atom stereocenters. The summed E-state index contributed by atoms with van der Waals surface area (Å²) in [4.78, 5) is 8.35. The molecular weight excluding hydrogens is 332 g/mol. The summed E-state index contributed by atoms with van der Waals surface area (Å²) in [5.41, 5.74) is 2.12. The minimum absolute atomic E-state index is 0.380. The Morgan fingerprint density at radius 3 is 2.50 bits per heavy atom. The second kappa shape index (κ2) is 8.31. The number of ether oxygens (including phenoxy) is 3. The van der Waals surface area contributed by atoms with E-state index in [1.165, 1.54) is 0 Å². The maximum absolute atomic E-state index is 10.6. The molecule has 0 bridgehead atoms. The van der Waals surface area contributed by atoms with E-state index >= 15 is 0 Å². The molecule has 1 aromatic carbocycles. The third-order valence-corrected chi connectivity index (χ3v) is 3.89. The van der Waals surface area contributed by atoms with Crippen molar-refractivity contribution in [3.8, 4) is 17.2 Å².